The number of rotatable bonds is 7. The third-order valence-corrected chi connectivity index (χ3v) is 9.94. The van der Waals surface area contributed by atoms with Crippen LogP contribution in [0.3, 0.4) is 0 Å². The average Bonchev–Trinajstić information content (AvgIpc) is 3.32. The fraction of sp³-hybridized carbons (Fsp3) is 0.958. The van der Waals surface area contributed by atoms with Crippen molar-refractivity contribution in [2.24, 2.45) is 5.41 Å². The Morgan fingerprint density at radius 2 is 1.64 bits per heavy atom. The molecule has 0 spiro atoms. The first-order valence-electron chi connectivity index (χ1n) is 13.2. The van der Waals surface area contributed by atoms with Crippen molar-refractivity contribution in [3.05, 3.63) is 0 Å². The van der Waals surface area contributed by atoms with Crippen molar-refractivity contribution < 1.29 is 32.9 Å². The van der Waals surface area contributed by atoms with E-state index in [1.807, 2.05) is 0 Å². The number of carbonyl (C=O) groups is 1. The molecule has 1 saturated heterocycles. The van der Waals surface area contributed by atoms with E-state index in [0.717, 1.165) is 0 Å². The number of ether oxygens (including phenoxy) is 3. The fourth-order valence-electron chi connectivity index (χ4n) is 6.66. The number of nitrogens with one attached hydrogen (secondary N) is 3. The monoisotopic (exact) mass is 555 g/mol. The van der Waals surface area contributed by atoms with Crippen LogP contribution in [0, 0.1) is 5.41 Å². The highest BCUT2D eigenvalue weighted by molar-refractivity contribution is 6.21. The Morgan fingerprint density at radius 1 is 1.00 bits per heavy atom. The Kier molecular flexibility index (Phi) is 8.35. The minimum absolute atomic E-state index is 0.130. The van der Waals surface area contributed by atoms with Crippen LogP contribution >= 0.6 is 23.2 Å². The standard InChI is InChI=1S/C24H37Cl2F2N3O5/c25-15-3-1-13(9-17(15)27)34-12-20(33)29-23-5-7-24(8-6-23,19(32)11-23)21-30-31-22(36-21)35-14-2-4-16(26)18(28)10-14/h13-19,21-22,30-32H,1-12H2,(H,29,33)/t13?,14?,15?,16?,17?,18?,19-,21?,22?,23?,24?/m0/s1. The second-order valence-corrected chi connectivity index (χ2v) is 12.4. The summed E-state index contributed by atoms with van der Waals surface area (Å²) in [6.07, 6.45) is 1.33. The molecule has 0 aromatic rings. The van der Waals surface area contributed by atoms with Crippen molar-refractivity contribution in [2.75, 3.05) is 6.61 Å². The summed E-state index contributed by atoms with van der Waals surface area (Å²) in [6, 6.07) is 0. The maximum absolute atomic E-state index is 14.0. The van der Waals surface area contributed by atoms with Crippen LogP contribution < -0.4 is 16.2 Å². The molecule has 6 rings (SSSR count). The smallest absolute Gasteiger partial charge is 0.246 e. The van der Waals surface area contributed by atoms with Crippen molar-refractivity contribution >= 4 is 29.1 Å². The molecule has 36 heavy (non-hydrogen) atoms. The largest absolute Gasteiger partial charge is 0.392 e. The van der Waals surface area contributed by atoms with E-state index in [2.05, 4.69) is 16.2 Å². The number of aliphatic hydroxyl groups is 1. The molecule has 1 heterocycles. The van der Waals surface area contributed by atoms with Crippen LogP contribution in [0.5, 0.6) is 0 Å². The summed E-state index contributed by atoms with van der Waals surface area (Å²) in [7, 11) is 0. The second-order valence-electron chi connectivity index (χ2n) is 11.3. The topological polar surface area (TPSA) is 101 Å². The number of hydrogen-bond acceptors (Lipinski definition) is 7. The molecule has 2 bridgehead atoms. The van der Waals surface area contributed by atoms with Gasteiger partial charge in [-0.1, -0.05) is 0 Å². The lowest BCUT2D eigenvalue weighted by molar-refractivity contribution is -0.225. The Morgan fingerprint density at radius 3 is 2.28 bits per heavy atom. The molecule has 1 aliphatic heterocycles. The van der Waals surface area contributed by atoms with Crippen LogP contribution in [0.1, 0.15) is 70.6 Å². The van der Waals surface area contributed by atoms with Gasteiger partial charge in [0.1, 0.15) is 25.2 Å². The van der Waals surface area contributed by atoms with Gasteiger partial charge < -0.3 is 24.6 Å². The third-order valence-electron chi connectivity index (χ3n) is 8.96. The summed E-state index contributed by atoms with van der Waals surface area (Å²) < 4.78 is 45.5. The second kappa shape index (κ2) is 11.0. The Hall–Kier alpha value is -0.330. The van der Waals surface area contributed by atoms with E-state index < -0.39 is 52.8 Å². The number of halogens is 4. The molecule has 5 saturated carbocycles. The van der Waals surface area contributed by atoms with E-state index in [0.29, 0.717) is 57.8 Å². The summed E-state index contributed by atoms with van der Waals surface area (Å²) in [4.78, 5) is 12.7. The van der Waals surface area contributed by atoms with Crippen LogP contribution in [-0.2, 0) is 19.0 Å². The Labute approximate surface area is 220 Å². The SMILES string of the molecule is O=C(COC1CCC(Cl)C(F)C1)NC12CCC(C3NNC(OC4CCC(Cl)C(F)C4)O3)(CC1)[C@@H](O)C2. The zero-order valence-electron chi connectivity index (χ0n) is 20.3. The number of hydrazine groups is 1. The highest BCUT2D eigenvalue weighted by Gasteiger charge is 2.59. The van der Waals surface area contributed by atoms with Gasteiger partial charge >= 0.3 is 0 Å². The van der Waals surface area contributed by atoms with Gasteiger partial charge in [0.25, 0.3) is 0 Å². The predicted molar refractivity (Wildman–Crippen MR) is 129 cm³/mol. The molecule has 8 unspecified atom stereocenters. The number of amides is 1. The van der Waals surface area contributed by atoms with Gasteiger partial charge in [-0.3, -0.25) is 4.79 Å². The molecule has 12 heteroatoms. The van der Waals surface area contributed by atoms with Crippen LogP contribution in [0.25, 0.3) is 0 Å². The molecule has 0 aromatic heterocycles. The molecule has 6 fully saturated rings. The van der Waals surface area contributed by atoms with Crippen LogP contribution in [0.2, 0.25) is 0 Å². The van der Waals surface area contributed by atoms with Crippen molar-refractivity contribution in [3.63, 3.8) is 0 Å². The third kappa shape index (κ3) is 5.66. The van der Waals surface area contributed by atoms with Crippen molar-refractivity contribution in [1.82, 2.24) is 16.2 Å². The van der Waals surface area contributed by atoms with E-state index in [1.54, 1.807) is 0 Å². The summed E-state index contributed by atoms with van der Waals surface area (Å²) in [5.41, 5.74) is 5.11. The van der Waals surface area contributed by atoms with E-state index in [4.69, 9.17) is 37.4 Å². The van der Waals surface area contributed by atoms with Crippen molar-refractivity contribution in [1.29, 1.82) is 0 Å². The molecule has 4 N–H and O–H groups in total. The predicted octanol–water partition coefficient (Wildman–Crippen LogP) is 2.93. The first-order chi connectivity index (χ1) is 17.2. The van der Waals surface area contributed by atoms with Crippen molar-refractivity contribution in [2.45, 2.75) is 130 Å². The molecule has 1 amide bonds. The van der Waals surface area contributed by atoms with Crippen LogP contribution in [-0.4, -0.2) is 77.2 Å². The molecule has 9 atom stereocenters. The number of hydrogen-bond donors (Lipinski definition) is 4. The van der Waals surface area contributed by atoms with Gasteiger partial charge in [0.05, 0.1) is 29.1 Å². The van der Waals surface area contributed by atoms with Gasteiger partial charge in [0.2, 0.25) is 12.3 Å². The van der Waals surface area contributed by atoms with Gasteiger partial charge in [-0.2, -0.15) is 0 Å². The van der Waals surface area contributed by atoms with Gasteiger partial charge in [0.15, 0.2) is 0 Å². The van der Waals surface area contributed by atoms with E-state index >= 15 is 0 Å². The van der Waals surface area contributed by atoms with Gasteiger partial charge in [-0.05, 0) is 57.8 Å². The quantitative estimate of drug-likeness (QED) is 0.358. The normalized spacial score (nSPS) is 49.2. The molecule has 0 aromatic carbocycles. The Bertz CT molecular complexity index is 793. The molecule has 206 valence electrons. The molecular weight excluding hydrogens is 519 g/mol. The zero-order chi connectivity index (χ0) is 25.5. The van der Waals surface area contributed by atoms with E-state index in [-0.39, 0.29) is 37.6 Å². The molecule has 0 radical (unpaired) electrons. The number of aliphatic hydroxyl groups excluding tert-OH is 1. The van der Waals surface area contributed by atoms with Gasteiger partial charge in [-0.15, -0.1) is 23.2 Å². The van der Waals surface area contributed by atoms with Gasteiger partial charge in [0, 0.05) is 23.8 Å². The lowest BCUT2D eigenvalue weighted by Gasteiger charge is -2.57. The molecule has 8 nitrogen and oxygen atoms in total. The maximum Gasteiger partial charge on any atom is 0.246 e. The van der Waals surface area contributed by atoms with E-state index in [1.165, 1.54) is 0 Å². The number of fused-ring (bicyclic) bond motifs is 3. The minimum atomic E-state index is -1.11. The Balaban J connectivity index is 1.09. The summed E-state index contributed by atoms with van der Waals surface area (Å²) in [5.74, 6) is -0.247. The summed E-state index contributed by atoms with van der Waals surface area (Å²) in [6.45, 7) is -0.130. The van der Waals surface area contributed by atoms with E-state index in [9.17, 15) is 18.7 Å². The highest BCUT2D eigenvalue weighted by atomic mass is 35.5. The van der Waals surface area contributed by atoms with Crippen molar-refractivity contribution in [3.8, 4) is 0 Å². The summed E-state index contributed by atoms with van der Waals surface area (Å²) in [5, 5.41) is 13.3. The fourth-order valence-corrected chi connectivity index (χ4v) is 7.12. The minimum Gasteiger partial charge on any atom is -0.392 e. The zero-order valence-corrected chi connectivity index (χ0v) is 21.8. The maximum atomic E-state index is 14.0. The first kappa shape index (κ1) is 27.2. The first-order valence-corrected chi connectivity index (χ1v) is 14.0. The lowest BCUT2D eigenvalue weighted by Crippen LogP contribution is -2.66. The van der Waals surface area contributed by atoms with Gasteiger partial charge in [-0.25, -0.2) is 19.6 Å². The van der Waals surface area contributed by atoms with Crippen LogP contribution in [0.4, 0.5) is 8.78 Å². The number of carbonyl (C=O) groups excluding carboxylic acids is 1. The number of alkyl halides is 4. The molecular formula is C24H37Cl2F2N3O5. The average molecular weight is 556 g/mol. The lowest BCUT2D eigenvalue weighted by atomic mass is 9.55. The highest BCUT2D eigenvalue weighted by Crippen LogP contribution is 2.55. The molecule has 5 aliphatic carbocycles. The van der Waals surface area contributed by atoms with Crippen LogP contribution in [0.15, 0.2) is 0 Å². The summed E-state index contributed by atoms with van der Waals surface area (Å²) >= 11 is 11.9. The molecule has 6 aliphatic rings.